The topological polar surface area (TPSA) is 76.1 Å². The van der Waals surface area contributed by atoms with Crippen molar-refractivity contribution in [1.82, 2.24) is 0 Å². The highest BCUT2D eigenvalue weighted by Gasteiger charge is 2.47. The molecule has 6 nitrogen and oxygen atoms in total. The Hall–Kier alpha value is -3.10. The minimum Gasteiger partial charge on any atom is -0.507 e. The number of ketones is 1. The number of methoxy groups -OCH3 is 2. The third-order valence-electron chi connectivity index (χ3n) is 5.01. The second kappa shape index (κ2) is 8.56. The predicted octanol–water partition coefficient (Wildman–Crippen LogP) is 5.15. The predicted molar refractivity (Wildman–Crippen MR) is 123 cm³/mol. The Kier molecular flexibility index (Phi) is 5.84. The van der Waals surface area contributed by atoms with Crippen LogP contribution in [0.15, 0.2) is 70.0 Å². The normalized spacial score (nSPS) is 17.8. The summed E-state index contributed by atoms with van der Waals surface area (Å²) in [5.74, 6) is -0.888. The fourth-order valence-electron chi connectivity index (χ4n) is 3.58. The molecule has 8 heteroatoms. The number of nitrogens with zero attached hydrogens (tertiary/aromatic N) is 1. The van der Waals surface area contributed by atoms with Gasteiger partial charge in [0.2, 0.25) is 0 Å². The average Bonchev–Trinajstić information content (AvgIpc) is 3.40. The number of benzene rings is 2. The van der Waals surface area contributed by atoms with Crippen LogP contribution in [0.4, 0.5) is 5.69 Å². The smallest absolute Gasteiger partial charge is 0.300 e. The van der Waals surface area contributed by atoms with Gasteiger partial charge in [0.1, 0.15) is 23.3 Å². The molecule has 2 aromatic carbocycles. The Labute approximate surface area is 191 Å². The molecular weight excluding hydrogens is 482 g/mol. The molecule has 1 aliphatic heterocycles. The molecule has 1 unspecified atom stereocenters. The van der Waals surface area contributed by atoms with E-state index in [4.69, 9.17) is 9.47 Å². The van der Waals surface area contributed by atoms with E-state index in [1.165, 1.54) is 30.5 Å². The van der Waals surface area contributed by atoms with Crippen LogP contribution in [-0.2, 0) is 9.59 Å². The van der Waals surface area contributed by atoms with Gasteiger partial charge in [0, 0.05) is 21.1 Å². The van der Waals surface area contributed by atoms with E-state index in [2.05, 4.69) is 15.9 Å². The third kappa shape index (κ3) is 3.73. The highest BCUT2D eigenvalue weighted by Crippen LogP contribution is 2.45. The first kappa shape index (κ1) is 21.1. The first-order valence-electron chi connectivity index (χ1n) is 9.28. The van der Waals surface area contributed by atoms with Gasteiger partial charge < -0.3 is 14.6 Å². The van der Waals surface area contributed by atoms with Gasteiger partial charge in [0.25, 0.3) is 11.7 Å². The summed E-state index contributed by atoms with van der Waals surface area (Å²) in [6.45, 7) is 0. The molecule has 0 bridgehead atoms. The summed E-state index contributed by atoms with van der Waals surface area (Å²) in [5.41, 5.74) is 0.864. The van der Waals surface area contributed by atoms with Crippen molar-refractivity contribution >= 4 is 50.4 Å². The number of anilines is 1. The maximum atomic E-state index is 13.1. The minimum absolute atomic E-state index is 0.0101. The van der Waals surface area contributed by atoms with Crippen LogP contribution in [0.2, 0.25) is 0 Å². The molecule has 1 N–H and O–H groups in total. The van der Waals surface area contributed by atoms with Gasteiger partial charge in [-0.05, 0) is 41.8 Å². The molecular formula is C23H18BrNO5S. The Morgan fingerprint density at radius 3 is 2.52 bits per heavy atom. The van der Waals surface area contributed by atoms with E-state index in [9.17, 15) is 14.7 Å². The van der Waals surface area contributed by atoms with E-state index in [1.54, 1.807) is 36.4 Å². The number of ether oxygens (including phenoxy) is 2. The number of amides is 1. The van der Waals surface area contributed by atoms with Crippen LogP contribution in [0.3, 0.4) is 0 Å². The number of aliphatic hydroxyl groups excluding tert-OH is 1. The van der Waals surface area contributed by atoms with Crippen LogP contribution in [0, 0.1) is 0 Å². The standard InChI is InChI=1S/C23H18BrNO5S/c1-29-15-8-9-16(17(12-15)30-2)21(26)19-20(18-7-4-10-31-18)25(23(28)22(19)27)14-6-3-5-13(24)11-14/h3-12,20,26H,1-2H3/b21-19-. The number of Topliss-reactive ketones (excluding diaryl/α,β-unsaturated/α-hetero) is 1. The highest BCUT2D eigenvalue weighted by atomic mass is 79.9. The molecule has 3 aromatic rings. The molecule has 1 saturated heterocycles. The molecule has 0 spiro atoms. The molecule has 0 saturated carbocycles. The number of aliphatic hydroxyl groups is 1. The van der Waals surface area contributed by atoms with E-state index < -0.39 is 17.7 Å². The third-order valence-corrected chi connectivity index (χ3v) is 6.43. The molecule has 0 radical (unpaired) electrons. The van der Waals surface area contributed by atoms with Crippen molar-refractivity contribution in [1.29, 1.82) is 0 Å². The van der Waals surface area contributed by atoms with Crippen LogP contribution in [-0.4, -0.2) is 31.0 Å². The maximum Gasteiger partial charge on any atom is 0.300 e. The quantitative estimate of drug-likeness (QED) is 0.298. The van der Waals surface area contributed by atoms with Crippen LogP contribution in [0.1, 0.15) is 16.5 Å². The summed E-state index contributed by atoms with van der Waals surface area (Å²) in [7, 11) is 2.98. The van der Waals surface area contributed by atoms with E-state index >= 15 is 0 Å². The zero-order valence-electron chi connectivity index (χ0n) is 16.7. The largest absolute Gasteiger partial charge is 0.507 e. The van der Waals surface area contributed by atoms with Gasteiger partial charge in [-0.2, -0.15) is 0 Å². The summed E-state index contributed by atoms with van der Waals surface area (Å²) in [6.07, 6.45) is 0. The Morgan fingerprint density at radius 2 is 1.87 bits per heavy atom. The molecule has 1 aromatic heterocycles. The first-order chi connectivity index (χ1) is 15.0. The monoisotopic (exact) mass is 499 g/mol. The van der Waals surface area contributed by atoms with Crippen molar-refractivity contribution in [3.8, 4) is 11.5 Å². The van der Waals surface area contributed by atoms with Crippen molar-refractivity contribution < 1.29 is 24.2 Å². The number of thiophene rings is 1. The zero-order valence-corrected chi connectivity index (χ0v) is 19.1. The second-order valence-electron chi connectivity index (χ2n) is 6.73. The Balaban J connectivity index is 1.94. The molecule has 4 rings (SSSR count). The van der Waals surface area contributed by atoms with Crippen molar-refractivity contribution in [3.63, 3.8) is 0 Å². The first-order valence-corrected chi connectivity index (χ1v) is 11.0. The lowest BCUT2D eigenvalue weighted by Gasteiger charge is -2.24. The lowest BCUT2D eigenvalue weighted by molar-refractivity contribution is -0.132. The van der Waals surface area contributed by atoms with Crippen LogP contribution in [0.25, 0.3) is 5.76 Å². The van der Waals surface area contributed by atoms with Crippen molar-refractivity contribution in [2.45, 2.75) is 6.04 Å². The van der Waals surface area contributed by atoms with E-state index in [0.29, 0.717) is 22.7 Å². The zero-order chi connectivity index (χ0) is 22.1. The number of rotatable bonds is 5. The van der Waals surface area contributed by atoms with Gasteiger partial charge in [0.05, 0.1) is 25.4 Å². The maximum absolute atomic E-state index is 13.1. The molecule has 1 atom stereocenters. The van der Waals surface area contributed by atoms with Crippen molar-refractivity contribution in [2.75, 3.05) is 19.1 Å². The summed E-state index contributed by atoms with van der Waals surface area (Å²) in [4.78, 5) is 28.4. The minimum atomic E-state index is -0.763. The van der Waals surface area contributed by atoms with Crippen LogP contribution in [0.5, 0.6) is 11.5 Å². The summed E-state index contributed by atoms with van der Waals surface area (Å²) in [6, 6.07) is 14.9. The van der Waals surface area contributed by atoms with Gasteiger partial charge in [-0.3, -0.25) is 14.5 Å². The fourth-order valence-corrected chi connectivity index (χ4v) is 4.79. The average molecular weight is 500 g/mol. The lowest BCUT2D eigenvalue weighted by Crippen LogP contribution is -2.29. The van der Waals surface area contributed by atoms with Gasteiger partial charge in [0.15, 0.2) is 0 Å². The molecule has 1 fully saturated rings. The van der Waals surface area contributed by atoms with Gasteiger partial charge in [-0.25, -0.2) is 0 Å². The van der Waals surface area contributed by atoms with Gasteiger partial charge in [-0.15, -0.1) is 11.3 Å². The molecule has 31 heavy (non-hydrogen) atoms. The summed E-state index contributed by atoms with van der Waals surface area (Å²) < 4.78 is 11.4. The highest BCUT2D eigenvalue weighted by molar-refractivity contribution is 9.10. The Bertz CT molecular complexity index is 1190. The van der Waals surface area contributed by atoms with E-state index in [0.717, 1.165) is 9.35 Å². The number of carbonyl (C=O) groups excluding carboxylic acids is 2. The molecule has 0 aliphatic carbocycles. The molecule has 1 aliphatic rings. The van der Waals surface area contributed by atoms with Crippen molar-refractivity contribution in [3.05, 3.63) is 80.5 Å². The number of hydrogen-bond donors (Lipinski definition) is 1. The lowest BCUT2D eigenvalue weighted by atomic mass is 9.99. The summed E-state index contributed by atoms with van der Waals surface area (Å²) >= 11 is 4.82. The fraction of sp³-hybridized carbons (Fsp3) is 0.130. The summed E-state index contributed by atoms with van der Waals surface area (Å²) in [5, 5.41) is 13.1. The molecule has 158 valence electrons. The van der Waals surface area contributed by atoms with E-state index in [1.807, 2.05) is 23.6 Å². The van der Waals surface area contributed by atoms with Crippen LogP contribution < -0.4 is 14.4 Å². The number of carbonyl (C=O) groups is 2. The van der Waals surface area contributed by atoms with Gasteiger partial charge >= 0.3 is 0 Å². The van der Waals surface area contributed by atoms with E-state index in [-0.39, 0.29) is 11.3 Å². The van der Waals surface area contributed by atoms with Gasteiger partial charge in [-0.1, -0.05) is 28.1 Å². The molecule has 2 heterocycles. The van der Waals surface area contributed by atoms with Crippen LogP contribution >= 0.6 is 27.3 Å². The van der Waals surface area contributed by atoms with Crippen molar-refractivity contribution in [2.24, 2.45) is 0 Å². The molecule has 1 amide bonds. The Morgan fingerprint density at radius 1 is 1.06 bits per heavy atom. The number of hydrogen-bond acceptors (Lipinski definition) is 6. The SMILES string of the molecule is COc1ccc(/C(O)=C2/C(=O)C(=O)N(c3cccc(Br)c3)C2c2cccs2)c(OC)c1. The second-order valence-corrected chi connectivity index (χ2v) is 8.63. The number of halogens is 1.